The Balaban J connectivity index is 1.45. The predicted octanol–water partition coefficient (Wildman–Crippen LogP) is 6.49. The van der Waals surface area contributed by atoms with Gasteiger partial charge in [0, 0.05) is 35.6 Å². The second-order valence-corrected chi connectivity index (χ2v) is 10.5. The van der Waals surface area contributed by atoms with Crippen LogP contribution in [-0.2, 0) is 11.3 Å². The van der Waals surface area contributed by atoms with Crippen molar-refractivity contribution < 1.29 is 14.5 Å². The zero-order valence-electron chi connectivity index (χ0n) is 20.4. The van der Waals surface area contributed by atoms with Crippen LogP contribution in [0.2, 0.25) is 5.02 Å². The van der Waals surface area contributed by atoms with E-state index in [1.807, 2.05) is 42.7 Å². The number of aryl methyl sites for hydroxylation is 1. The maximum Gasteiger partial charge on any atom is 0.294 e. The van der Waals surface area contributed by atoms with Gasteiger partial charge in [0.05, 0.1) is 22.1 Å². The topological polar surface area (TPSA) is 88.7 Å². The van der Waals surface area contributed by atoms with Gasteiger partial charge in [-0.25, -0.2) is 0 Å². The van der Waals surface area contributed by atoms with E-state index in [4.69, 9.17) is 11.6 Å². The van der Waals surface area contributed by atoms with E-state index in [-0.39, 0.29) is 28.3 Å². The third-order valence-electron chi connectivity index (χ3n) is 6.78. The number of anilines is 1. The number of halogens is 1. The van der Waals surface area contributed by atoms with Crippen molar-refractivity contribution in [2.75, 3.05) is 18.0 Å². The number of hydrogen-bond donors (Lipinski definition) is 0. The molecule has 0 atom stereocenters. The van der Waals surface area contributed by atoms with Crippen LogP contribution in [0.5, 0.6) is 0 Å². The summed E-state index contributed by atoms with van der Waals surface area (Å²) in [5.74, 6) is -0.370. The highest BCUT2D eigenvalue weighted by molar-refractivity contribution is 8.18. The Bertz CT molecular complexity index is 1460. The first kappa shape index (κ1) is 25.1. The monoisotopic (exact) mass is 536 g/mol. The molecule has 5 rings (SSSR count). The van der Waals surface area contributed by atoms with E-state index >= 15 is 0 Å². The van der Waals surface area contributed by atoms with Crippen molar-refractivity contribution in [1.82, 2.24) is 9.47 Å². The molecule has 0 unspecified atom stereocenters. The molecule has 1 aromatic heterocycles. The van der Waals surface area contributed by atoms with Crippen LogP contribution in [0, 0.1) is 24.0 Å². The number of imide groups is 1. The number of carbonyl (C=O) groups is 2. The van der Waals surface area contributed by atoms with Gasteiger partial charge < -0.3 is 9.47 Å². The molecule has 2 fully saturated rings. The molecule has 190 valence electrons. The van der Waals surface area contributed by atoms with Crippen LogP contribution >= 0.6 is 23.4 Å². The average molecular weight is 537 g/mol. The molecule has 3 aromatic rings. The fraction of sp³-hybridized carbons (Fsp3) is 0.259. The zero-order valence-corrected chi connectivity index (χ0v) is 22.0. The number of amides is 2. The lowest BCUT2D eigenvalue weighted by atomic mass is 10.2. The first-order valence-corrected chi connectivity index (χ1v) is 13.2. The Labute approximate surface area is 223 Å². The van der Waals surface area contributed by atoms with Crippen LogP contribution < -0.4 is 4.90 Å². The minimum absolute atomic E-state index is 0.0779. The van der Waals surface area contributed by atoms with E-state index in [0.717, 1.165) is 54.6 Å². The number of carbonyl (C=O) groups excluding carboxylic acids is 2. The second-order valence-electron chi connectivity index (χ2n) is 9.15. The van der Waals surface area contributed by atoms with Gasteiger partial charge in [0.2, 0.25) is 0 Å². The number of rotatable bonds is 6. The summed E-state index contributed by atoms with van der Waals surface area (Å²) < 4.78 is 1.93. The molecule has 10 heteroatoms. The van der Waals surface area contributed by atoms with Crippen LogP contribution in [0.4, 0.5) is 16.2 Å². The number of hydrogen-bond acceptors (Lipinski definition) is 6. The van der Waals surface area contributed by atoms with Crippen LogP contribution in [0.15, 0.2) is 53.4 Å². The number of benzene rings is 2. The summed E-state index contributed by atoms with van der Waals surface area (Å²) in [6.45, 7) is 5.54. The molecular weight excluding hydrogens is 512 g/mol. The van der Waals surface area contributed by atoms with Gasteiger partial charge in [-0.2, -0.15) is 0 Å². The van der Waals surface area contributed by atoms with Gasteiger partial charge in [0.1, 0.15) is 5.69 Å². The van der Waals surface area contributed by atoms with Gasteiger partial charge in [-0.1, -0.05) is 29.8 Å². The summed E-state index contributed by atoms with van der Waals surface area (Å²) in [6.07, 6.45) is 3.77. The highest BCUT2D eigenvalue weighted by Gasteiger charge is 2.35. The fourth-order valence-corrected chi connectivity index (χ4v) is 5.95. The molecule has 3 heterocycles. The van der Waals surface area contributed by atoms with Crippen LogP contribution in [-0.4, -0.2) is 38.6 Å². The van der Waals surface area contributed by atoms with E-state index in [1.54, 1.807) is 30.3 Å². The standard InChI is InChI=1S/C27H25ClN4O4S/c1-17-13-20(14-25-26(33)30(27(34)37-25)16-19-7-3-4-8-22(19)28)18(2)31(17)21-9-10-23(24(15-21)32(35)36)29-11-5-6-12-29/h3-4,7-10,13-15H,5-6,11-12,16H2,1-2H3/b25-14-. The molecule has 2 amide bonds. The Kier molecular flexibility index (Phi) is 6.83. The Morgan fingerprint density at radius 1 is 1.08 bits per heavy atom. The number of nitro groups is 1. The first-order valence-electron chi connectivity index (χ1n) is 12.0. The average Bonchev–Trinajstić information content (AvgIpc) is 3.56. The van der Waals surface area contributed by atoms with E-state index < -0.39 is 0 Å². The molecule has 0 spiro atoms. The Morgan fingerprint density at radius 3 is 2.51 bits per heavy atom. The minimum Gasteiger partial charge on any atom is -0.366 e. The summed E-state index contributed by atoms with van der Waals surface area (Å²) >= 11 is 7.12. The van der Waals surface area contributed by atoms with Crippen LogP contribution in [0.1, 0.15) is 35.4 Å². The lowest BCUT2D eigenvalue weighted by Gasteiger charge is -2.19. The molecule has 0 aliphatic carbocycles. The molecular formula is C27H25ClN4O4S. The van der Waals surface area contributed by atoms with E-state index in [1.165, 1.54) is 4.90 Å². The number of nitro benzene ring substituents is 1. The summed E-state index contributed by atoms with van der Waals surface area (Å²) in [5, 5.41) is 12.0. The molecule has 0 bridgehead atoms. The molecule has 2 aromatic carbocycles. The number of thioether (sulfide) groups is 1. The van der Waals surface area contributed by atoms with Crippen molar-refractivity contribution in [2.24, 2.45) is 0 Å². The van der Waals surface area contributed by atoms with Gasteiger partial charge in [0.25, 0.3) is 16.8 Å². The lowest BCUT2D eigenvalue weighted by Crippen LogP contribution is -2.27. The summed E-state index contributed by atoms with van der Waals surface area (Å²) in [5.41, 5.74) is 4.55. The van der Waals surface area contributed by atoms with Crippen LogP contribution in [0.25, 0.3) is 11.8 Å². The van der Waals surface area contributed by atoms with E-state index in [2.05, 4.69) is 4.90 Å². The third kappa shape index (κ3) is 4.76. The molecule has 0 radical (unpaired) electrons. The number of nitrogens with zero attached hydrogens (tertiary/aromatic N) is 4. The minimum atomic E-state index is -0.370. The molecule has 8 nitrogen and oxygen atoms in total. The normalized spacial score (nSPS) is 16.9. The molecule has 2 aliphatic heterocycles. The SMILES string of the molecule is Cc1cc(/C=C2\SC(=O)N(Cc3ccccc3Cl)C2=O)c(C)n1-c1ccc(N2CCCC2)c([N+](=O)[O-])c1. The van der Waals surface area contributed by atoms with Crippen molar-refractivity contribution in [3.8, 4) is 5.69 Å². The van der Waals surface area contributed by atoms with Crippen molar-refractivity contribution in [3.63, 3.8) is 0 Å². The van der Waals surface area contributed by atoms with Crippen molar-refractivity contribution in [1.29, 1.82) is 0 Å². The van der Waals surface area contributed by atoms with E-state index in [0.29, 0.717) is 26.9 Å². The van der Waals surface area contributed by atoms with Gasteiger partial charge >= 0.3 is 0 Å². The quantitative estimate of drug-likeness (QED) is 0.203. The fourth-order valence-electron chi connectivity index (χ4n) is 4.93. The van der Waals surface area contributed by atoms with E-state index in [9.17, 15) is 19.7 Å². The van der Waals surface area contributed by atoms with Gasteiger partial charge in [-0.05, 0) is 79.9 Å². The maximum atomic E-state index is 13.1. The zero-order chi connectivity index (χ0) is 26.3. The highest BCUT2D eigenvalue weighted by atomic mass is 35.5. The Morgan fingerprint density at radius 2 is 1.81 bits per heavy atom. The second kappa shape index (κ2) is 10.1. The molecule has 0 saturated carbocycles. The van der Waals surface area contributed by atoms with Crippen molar-refractivity contribution in [3.05, 3.63) is 91.1 Å². The number of aromatic nitrogens is 1. The predicted molar refractivity (Wildman–Crippen MR) is 146 cm³/mol. The van der Waals surface area contributed by atoms with Gasteiger partial charge in [-0.3, -0.25) is 24.6 Å². The smallest absolute Gasteiger partial charge is 0.294 e. The molecule has 2 saturated heterocycles. The van der Waals surface area contributed by atoms with Gasteiger partial charge in [0.15, 0.2) is 0 Å². The van der Waals surface area contributed by atoms with Crippen LogP contribution in [0.3, 0.4) is 0 Å². The van der Waals surface area contributed by atoms with Gasteiger partial charge in [-0.15, -0.1) is 0 Å². The van der Waals surface area contributed by atoms with Crippen molar-refractivity contribution >= 4 is 52.0 Å². The first-order chi connectivity index (χ1) is 17.7. The maximum absolute atomic E-state index is 13.1. The largest absolute Gasteiger partial charge is 0.366 e. The Hall–Kier alpha value is -3.56. The summed E-state index contributed by atoms with van der Waals surface area (Å²) in [6, 6.07) is 14.3. The molecule has 0 N–H and O–H groups in total. The summed E-state index contributed by atoms with van der Waals surface area (Å²) in [4.78, 5) is 40.8. The highest BCUT2D eigenvalue weighted by Crippen LogP contribution is 2.37. The summed E-state index contributed by atoms with van der Waals surface area (Å²) in [7, 11) is 0. The molecule has 37 heavy (non-hydrogen) atoms. The lowest BCUT2D eigenvalue weighted by molar-refractivity contribution is -0.384. The van der Waals surface area contributed by atoms with Crippen molar-refractivity contribution in [2.45, 2.75) is 33.2 Å². The third-order valence-corrected chi connectivity index (χ3v) is 8.05. The molecule has 2 aliphatic rings.